The molecule has 2 atom stereocenters. The number of aliphatic imine (C=N–C) groups is 1. The lowest BCUT2D eigenvalue weighted by Gasteiger charge is -2.29. The van der Waals surface area contributed by atoms with Crippen LogP contribution in [0.4, 0.5) is 5.69 Å². The number of ether oxygens (including phenoxy) is 1. The van der Waals surface area contributed by atoms with Gasteiger partial charge in [0.05, 0.1) is 17.5 Å². The summed E-state index contributed by atoms with van der Waals surface area (Å²) < 4.78 is 30.3. The van der Waals surface area contributed by atoms with Crippen molar-refractivity contribution >= 4 is 38.4 Å². The van der Waals surface area contributed by atoms with Crippen molar-refractivity contribution in [1.82, 2.24) is 0 Å². The normalized spacial score (nSPS) is 23.2. The zero-order valence-corrected chi connectivity index (χ0v) is 19.3. The van der Waals surface area contributed by atoms with Crippen LogP contribution in [-0.4, -0.2) is 48.9 Å². The van der Waals surface area contributed by atoms with Crippen LogP contribution in [0.5, 0.6) is 5.75 Å². The Balaban J connectivity index is 1.67. The molecule has 2 aromatic carbocycles. The average Bonchev–Trinajstić information content (AvgIpc) is 3.22. The largest absolute Gasteiger partial charge is 0.484 e. The molecule has 1 amide bonds. The second kappa shape index (κ2) is 9.04. The zero-order valence-electron chi connectivity index (χ0n) is 17.7. The van der Waals surface area contributed by atoms with Crippen LogP contribution in [-0.2, 0) is 27.5 Å². The zero-order chi connectivity index (χ0) is 22.0. The van der Waals surface area contributed by atoms with Gasteiger partial charge in [0, 0.05) is 10.9 Å². The first-order valence-corrected chi connectivity index (χ1v) is 13.2. The van der Waals surface area contributed by atoms with Crippen molar-refractivity contribution in [2.45, 2.75) is 38.0 Å². The van der Waals surface area contributed by atoms with E-state index in [2.05, 4.69) is 31.0 Å². The lowest BCUT2D eigenvalue weighted by molar-refractivity contribution is -0.119. The van der Waals surface area contributed by atoms with Gasteiger partial charge in [-0.3, -0.25) is 4.79 Å². The summed E-state index contributed by atoms with van der Waals surface area (Å²) in [5, 5.41) is 0.448. The third-order valence-electron chi connectivity index (χ3n) is 5.60. The molecule has 2 aliphatic rings. The highest BCUT2D eigenvalue weighted by Gasteiger charge is 2.50. The number of nitrogens with zero attached hydrogens (tertiary/aromatic N) is 2. The van der Waals surface area contributed by atoms with Gasteiger partial charge in [0.15, 0.2) is 21.6 Å². The van der Waals surface area contributed by atoms with Gasteiger partial charge in [0.25, 0.3) is 5.91 Å². The van der Waals surface area contributed by atoms with E-state index in [-0.39, 0.29) is 35.3 Å². The van der Waals surface area contributed by atoms with Crippen molar-refractivity contribution in [3.05, 3.63) is 59.7 Å². The van der Waals surface area contributed by atoms with E-state index in [4.69, 9.17) is 4.74 Å². The van der Waals surface area contributed by atoms with E-state index in [0.717, 1.165) is 29.7 Å². The van der Waals surface area contributed by atoms with Crippen LogP contribution < -0.4 is 9.64 Å². The van der Waals surface area contributed by atoms with Gasteiger partial charge in [-0.15, -0.1) is 0 Å². The molecule has 2 heterocycles. The fourth-order valence-electron chi connectivity index (χ4n) is 4.15. The maximum atomic E-state index is 12.6. The summed E-state index contributed by atoms with van der Waals surface area (Å²) in [6.07, 6.45) is 1.62. The van der Waals surface area contributed by atoms with Crippen LogP contribution in [0.1, 0.15) is 25.0 Å². The minimum Gasteiger partial charge on any atom is -0.484 e. The number of thioether (sulfide) groups is 1. The molecule has 0 saturated carbocycles. The summed E-state index contributed by atoms with van der Waals surface area (Å²) in [5.41, 5.74) is 3.26. The van der Waals surface area contributed by atoms with E-state index in [1.54, 1.807) is 12.1 Å². The maximum absolute atomic E-state index is 12.6. The molecule has 0 aromatic heterocycles. The second-order valence-electron chi connectivity index (χ2n) is 7.69. The van der Waals surface area contributed by atoms with E-state index < -0.39 is 9.84 Å². The van der Waals surface area contributed by atoms with E-state index in [1.165, 1.54) is 11.8 Å². The van der Waals surface area contributed by atoms with Gasteiger partial charge < -0.3 is 9.64 Å². The fourth-order valence-corrected chi connectivity index (χ4v) is 8.07. The first-order valence-electron chi connectivity index (χ1n) is 10.5. The molecule has 0 unspecified atom stereocenters. The number of hydrogen-bond acceptors (Lipinski definition) is 5. The van der Waals surface area contributed by atoms with Gasteiger partial charge in [-0.2, -0.15) is 4.99 Å². The van der Waals surface area contributed by atoms with Gasteiger partial charge in [-0.1, -0.05) is 62.0 Å². The summed E-state index contributed by atoms with van der Waals surface area (Å²) in [4.78, 5) is 19.0. The topological polar surface area (TPSA) is 76.0 Å². The number of fused-ring (bicyclic) bond motifs is 1. The molecule has 0 aliphatic carbocycles. The molecular weight excluding hydrogens is 432 g/mol. The maximum Gasteiger partial charge on any atom is 0.285 e. The number of carbonyl (C=O) groups is 1. The molecule has 0 N–H and O–H groups in total. The first-order chi connectivity index (χ1) is 14.9. The average molecular weight is 459 g/mol. The Bertz CT molecular complexity index is 1080. The predicted octanol–water partition coefficient (Wildman–Crippen LogP) is 3.49. The third-order valence-corrected chi connectivity index (χ3v) is 8.81. The predicted molar refractivity (Wildman–Crippen MR) is 126 cm³/mol. The van der Waals surface area contributed by atoms with Crippen LogP contribution >= 0.6 is 11.8 Å². The Hall–Kier alpha value is -2.32. The monoisotopic (exact) mass is 458 g/mol. The number of para-hydroxylation sites is 2. The molecule has 2 saturated heterocycles. The van der Waals surface area contributed by atoms with E-state index in [1.807, 2.05) is 29.2 Å². The molecule has 4 rings (SSSR count). The SMILES string of the molecule is CCc1cccc(CC)c1N1C(=NC(=O)COc2ccccc2)S[C@H]2CS(=O)(=O)C[C@@H]21. The molecule has 2 aromatic rings. The second-order valence-corrected chi connectivity index (χ2v) is 11.1. The standard InChI is InChI=1S/C23H26N2O4S2/c1-3-16-9-8-10-17(4-2)22(16)25-19-14-31(27,28)15-20(19)30-23(25)24-21(26)13-29-18-11-6-5-7-12-18/h5-12,19-20H,3-4,13-15H2,1-2H3/t19-,20-/m0/s1. The van der Waals surface area contributed by atoms with Crippen LogP contribution in [0, 0.1) is 0 Å². The molecule has 0 spiro atoms. The number of sulfone groups is 1. The van der Waals surface area contributed by atoms with Gasteiger partial charge in [0.2, 0.25) is 0 Å². The highest BCUT2D eigenvalue weighted by molar-refractivity contribution is 8.16. The number of amidine groups is 1. The van der Waals surface area contributed by atoms with E-state index >= 15 is 0 Å². The van der Waals surface area contributed by atoms with Crippen LogP contribution in [0.3, 0.4) is 0 Å². The smallest absolute Gasteiger partial charge is 0.285 e. The number of amides is 1. The van der Waals surface area contributed by atoms with Crippen molar-refractivity contribution in [1.29, 1.82) is 0 Å². The summed E-state index contributed by atoms with van der Waals surface area (Å²) in [7, 11) is -3.11. The molecular formula is C23H26N2O4S2. The molecule has 8 heteroatoms. The lowest BCUT2D eigenvalue weighted by atomic mass is 10.0. The van der Waals surface area contributed by atoms with Crippen LogP contribution in [0.2, 0.25) is 0 Å². The molecule has 0 bridgehead atoms. The fraction of sp³-hybridized carbons (Fsp3) is 0.391. The minimum atomic E-state index is -3.11. The quantitative estimate of drug-likeness (QED) is 0.660. The number of aryl methyl sites for hydroxylation is 2. The highest BCUT2D eigenvalue weighted by Crippen LogP contribution is 2.43. The number of benzene rings is 2. The lowest BCUT2D eigenvalue weighted by Crippen LogP contribution is -2.39. The van der Waals surface area contributed by atoms with Gasteiger partial charge >= 0.3 is 0 Å². The number of hydrogen-bond donors (Lipinski definition) is 0. The minimum absolute atomic E-state index is 0.0829. The van der Waals surface area contributed by atoms with E-state index in [9.17, 15) is 13.2 Å². The summed E-state index contributed by atoms with van der Waals surface area (Å²) in [6.45, 7) is 4.01. The van der Waals surface area contributed by atoms with Crippen LogP contribution in [0.25, 0.3) is 0 Å². The third kappa shape index (κ3) is 4.65. The van der Waals surface area contributed by atoms with Gasteiger partial charge in [-0.05, 0) is 36.1 Å². The summed E-state index contributed by atoms with van der Waals surface area (Å²) in [6, 6.07) is 15.1. The van der Waals surface area contributed by atoms with Crippen molar-refractivity contribution in [3.63, 3.8) is 0 Å². The molecule has 2 fully saturated rings. The summed E-state index contributed by atoms with van der Waals surface area (Å²) in [5.74, 6) is 0.424. The van der Waals surface area contributed by atoms with Crippen molar-refractivity contribution in [2.24, 2.45) is 4.99 Å². The Labute approximate surface area is 187 Å². The molecule has 0 radical (unpaired) electrons. The highest BCUT2D eigenvalue weighted by atomic mass is 32.2. The Morgan fingerprint density at radius 3 is 2.39 bits per heavy atom. The van der Waals surface area contributed by atoms with Crippen molar-refractivity contribution in [3.8, 4) is 5.75 Å². The Morgan fingerprint density at radius 2 is 1.74 bits per heavy atom. The molecule has 31 heavy (non-hydrogen) atoms. The van der Waals surface area contributed by atoms with Crippen molar-refractivity contribution in [2.75, 3.05) is 23.0 Å². The number of rotatable bonds is 6. The van der Waals surface area contributed by atoms with E-state index in [0.29, 0.717) is 10.9 Å². The molecule has 164 valence electrons. The molecule has 6 nitrogen and oxygen atoms in total. The first kappa shape index (κ1) is 21.9. The van der Waals surface area contributed by atoms with Crippen molar-refractivity contribution < 1.29 is 17.9 Å². The number of carbonyl (C=O) groups excluding carboxylic acids is 1. The van der Waals surface area contributed by atoms with Crippen LogP contribution in [0.15, 0.2) is 53.5 Å². The van der Waals surface area contributed by atoms with Gasteiger partial charge in [0.1, 0.15) is 5.75 Å². The Kier molecular flexibility index (Phi) is 6.39. The molecule has 2 aliphatic heterocycles. The van der Waals surface area contributed by atoms with Gasteiger partial charge in [-0.25, -0.2) is 8.42 Å². The summed E-state index contributed by atoms with van der Waals surface area (Å²) >= 11 is 1.40. The number of anilines is 1. The Morgan fingerprint density at radius 1 is 1.06 bits per heavy atom.